The van der Waals surface area contributed by atoms with Crippen molar-refractivity contribution in [3.63, 3.8) is 0 Å². The van der Waals surface area contributed by atoms with Gasteiger partial charge in [-0.05, 0) is 30.7 Å². The summed E-state index contributed by atoms with van der Waals surface area (Å²) in [4.78, 5) is 16.5. The summed E-state index contributed by atoms with van der Waals surface area (Å²) in [5.74, 6) is -0.524. The molecule has 2 N–H and O–H groups in total. The van der Waals surface area contributed by atoms with Crippen molar-refractivity contribution >= 4 is 17.2 Å². The van der Waals surface area contributed by atoms with E-state index in [1.54, 1.807) is 6.07 Å². The van der Waals surface area contributed by atoms with Crippen LogP contribution in [0.1, 0.15) is 27.2 Å². The second-order valence-electron chi connectivity index (χ2n) is 7.08. The van der Waals surface area contributed by atoms with E-state index in [0.29, 0.717) is 28.4 Å². The average Bonchev–Trinajstić information content (AvgIpc) is 3.34. The van der Waals surface area contributed by atoms with Crippen LogP contribution < -0.4 is 5.73 Å². The summed E-state index contributed by atoms with van der Waals surface area (Å²) in [6.45, 7) is 2.36. The fraction of sp³-hybridized carbons (Fsp3) is 0.130. The number of carbonyl (C=O) groups is 1. The van der Waals surface area contributed by atoms with Crippen molar-refractivity contribution in [2.45, 2.75) is 19.6 Å². The van der Waals surface area contributed by atoms with Crippen LogP contribution in [0.3, 0.4) is 0 Å². The number of carbonyl (C=O) groups excluding carboxylic acids is 1. The molecule has 8 heteroatoms. The number of amides is 1. The van der Waals surface area contributed by atoms with Crippen molar-refractivity contribution in [2.75, 3.05) is 0 Å². The zero-order valence-electron chi connectivity index (χ0n) is 16.5. The molecule has 2 heterocycles. The summed E-state index contributed by atoms with van der Waals surface area (Å²) in [7, 11) is 0. The Morgan fingerprint density at radius 3 is 2.39 bits per heavy atom. The number of benzene rings is 2. The third kappa shape index (κ3) is 4.25. The molecule has 1 amide bonds. The molecule has 0 radical (unpaired) electrons. The Bertz CT molecular complexity index is 1230. The van der Waals surface area contributed by atoms with Crippen molar-refractivity contribution < 1.29 is 18.0 Å². The molecule has 0 saturated heterocycles. The highest BCUT2D eigenvalue weighted by Crippen LogP contribution is 2.34. The molecule has 0 aliphatic rings. The molecule has 4 aromatic rings. The van der Waals surface area contributed by atoms with Gasteiger partial charge in [0, 0.05) is 23.2 Å². The number of aromatic nitrogens is 2. The fourth-order valence-corrected chi connectivity index (χ4v) is 4.22. The first-order valence-corrected chi connectivity index (χ1v) is 10.3. The Balaban J connectivity index is 1.72. The van der Waals surface area contributed by atoms with E-state index in [2.05, 4.69) is 4.98 Å². The standard InChI is InChI=1S/C23H18F3N3OS/c1-14-18(21(27)30)11-20(29(14)12-15-5-3-2-4-6-15)19-13-31-22(28-19)16-7-9-17(10-8-16)23(24,25)26/h2-11,13H,12H2,1H3,(H2,27,30). The molecule has 0 aliphatic carbocycles. The van der Waals surface area contributed by atoms with E-state index in [1.807, 2.05) is 47.2 Å². The van der Waals surface area contributed by atoms with Gasteiger partial charge in [0.1, 0.15) is 5.01 Å². The van der Waals surface area contributed by atoms with Gasteiger partial charge >= 0.3 is 6.18 Å². The number of rotatable bonds is 5. The van der Waals surface area contributed by atoms with Gasteiger partial charge < -0.3 is 10.3 Å². The lowest BCUT2D eigenvalue weighted by molar-refractivity contribution is -0.137. The van der Waals surface area contributed by atoms with Crippen LogP contribution in [0.2, 0.25) is 0 Å². The van der Waals surface area contributed by atoms with Crippen LogP contribution in [0, 0.1) is 6.92 Å². The van der Waals surface area contributed by atoms with Gasteiger partial charge in [0.25, 0.3) is 5.91 Å². The molecular formula is C23H18F3N3OS. The smallest absolute Gasteiger partial charge is 0.366 e. The Hall–Kier alpha value is -3.39. The van der Waals surface area contributed by atoms with Gasteiger partial charge in [-0.25, -0.2) is 4.98 Å². The molecule has 158 valence electrons. The van der Waals surface area contributed by atoms with Gasteiger partial charge in [-0.3, -0.25) is 4.79 Å². The number of halogens is 3. The van der Waals surface area contributed by atoms with Crippen LogP contribution in [0.25, 0.3) is 22.0 Å². The number of hydrogen-bond donors (Lipinski definition) is 1. The van der Waals surface area contributed by atoms with Crippen LogP contribution in [0.5, 0.6) is 0 Å². The van der Waals surface area contributed by atoms with E-state index < -0.39 is 17.6 Å². The zero-order valence-corrected chi connectivity index (χ0v) is 17.3. The maximum absolute atomic E-state index is 12.8. The number of nitrogens with two attached hydrogens (primary N) is 1. The van der Waals surface area contributed by atoms with Crippen LogP contribution >= 0.6 is 11.3 Å². The zero-order chi connectivity index (χ0) is 22.2. The first-order valence-electron chi connectivity index (χ1n) is 9.41. The number of nitrogens with zero attached hydrogens (tertiary/aromatic N) is 2. The second kappa shape index (κ2) is 8.03. The summed E-state index contributed by atoms with van der Waals surface area (Å²) in [5.41, 5.74) is 9.00. The van der Waals surface area contributed by atoms with E-state index in [1.165, 1.54) is 23.5 Å². The highest BCUT2D eigenvalue weighted by Gasteiger charge is 2.30. The quantitative estimate of drug-likeness (QED) is 0.428. The molecule has 0 spiro atoms. The summed E-state index contributed by atoms with van der Waals surface area (Å²) in [5, 5.41) is 2.42. The van der Waals surface area contributed by atoms with Crippen molar-refractivity contribution in [2.24, 2.45) is 5.73 Å². The van der Waals surface area contributed by atoms with E-state index >= 15 is 0 Å². The Morgan fingerprint density at radius 2 is 1.77 bits per heavy atom. The molecular weight excluding hydrogens is 423 g/mol. The van der Waals surface area contributed by atoms with Gasteiger partial charge in [0.2, 0.25) is 0 Å². The molecule has 0 aliphatic heterocycles. The first-order chi connectivity index (χ1) is 14.7. The summed E-state index contributed by atoms with van der Waals surface area (Å²) < 4.78 is 40.4. The topological polar surface area (TPSA) is 60.9 Å². The average molecular weight is 441 g/mol. The van der Waals surface area contributed by atoms with Crippen molar-refractivity contribution in [1.82, 2.24) is 9.55 Å². The lowest BCUT2D eigenvalue weighted by Gasteiger charge is -2.11. The molecule has 0 saturated carbocycles. The Kier molecular flexibility index (Phi) is 5.41. The summed E-state index contributed by atoms with van der Waals surface area (Å²) in [6.07, 6.45) is -4.38. The van der Waals surface area contributed by atoms with Gasteiger partial charge in [0.05, 0.1) is 22.5 Å². The van der Waals surface area contributed by atoms with E-state index in [-0.39, 0.29) is 0 Å². The first kappa shape index (κ1) is 20.9. The molecule has 0 fully saturated rings. The van der Waals surface area contributed by atoms with Crippen molar-refractivity contribution in [3.8, 4) is 22.0 Å². The normalized spacial score (nSPS) is 11.6. The predicted molar refractivity (Wildman–Crippen MR) is 115 cm³/mol. The van der Waals surface area contributed by atoms with Gasteiger partial charge in [-0.1, -0.05) is 42.5 Å². The maximum atomic E-state index is 12.8. The fourth-order valence-electron chi connectivity index (χ4n) is 3.40. The lowest BCUT2D eigenvalue weighted by Crippen LogP contribution is -2.12. The lowest BCUT2D eigenvalue weighted by atomic mass is 10.1. The van der Waals surface area contributed by atoms with E-state index in [4.69, 9.17) is 5.73 Å². The Morgan fingerprint density at radius 1 is 1.10 bits per heavy atom. The third-order valence-electron chi connectivity index (χ3n) is 5.04. The van der Waals surface area contributed by atoms with Crippen molar-refractivity contribution in [3.05, 3.63) is 88.4 Å². The highest BCUT2D eigenvalue weighted by atomic mass is 32.1. The molecule has 0 unspecified atom stereocenters. The monoisotopic (exact) mass is 441 g/mol. The molecule has 0 bridgehead atoms. The minimum absolute atomic E-state index is 0.412. The van der Waals surface area contributed by atoms with Crippen LogP contribution in [0.15, 0.2) is 66.0 Å². The minimum atomic E-state index is -4.38. The van der Waals surface area contributed by atoms with Crippen LogP contribution in [-0.2, 0) is 12.7 Å². The van der Waals surface area contributed by atoms with Crippen LogP contribution in [-0.4, -0.2) is 15.5 Å². The SMILES string of the molecule is Cc1c(C(N)=O)cc(-c2csc(-c3ccc(C(F)(F)F)cc3)n2)n1Cc1ccccc1. The minimum Gasteiger partial charge on any atom is -0.366 e. The molecule has 4 rings (SSSR count). The van der Waals surface area contributed by atoms with E-state index in [9.17, 15) is 18.0 Å². The molecule has 4 nitrogen and oxygen atoms in total. The summed E-state index contributed by atoms with van der Waals surface area (Å²) >= 11 is 1.33. The van der Waals surface area contributed by atoms with Crippen molar-refractivity contribution in [1.29, 1.82) is 0 Å². The molecule has 31 heavy (non-hydrogen) atoms. The molecule has 2 aromatic carbocycles. The van der Waals surface area contributed by atoms with Gasteiger partial charge in [-0.2, -0.15) is 13.2 Å². The number of hydrogen-bond acceptors (Lipinski definition) is 3. The summed E-state index contributed by atoms with van der Waals surface area (Å²) in [6, 6.07) is 16.4. The molecule has 2 aromatic heterocycles. The number of alkyl halides is 3. The second-order valence-corrected chi connectivity index (χ2v) is 7.94. The van der Waals surface area contributed by atoms with Gasteiger partial charge in [-0.15, -0.1) is 11.3 Å². The number of primary amides is 1. The largest absolute Gasteiger partial charge is 0.416 e. The third-order valence-corrected chi connectivity index (χ3v) is 5.93. The van der Waals surface area contributed by atoms with E-state index in [0.717, 1.165) is 29.1 Å². The van der Waals surface area contributed by atoms with Gasteiger partial charge in [0.15, 0.2) is 0 Å². The van der Waals surface area contributed by atoms with Crippen LogP contribution in [0.4, 0.5) is 13.2 Å². The number of thiazole rings is 1. The highest BCUT2D eigenvalue weighted by molar-refractivity contribution is 7.13. The predicted octanol–water partition coefficient (Wildman–Crippen LogP) is 5.75. The maximum Gasteiger partial charge on any atom is 0.416 e. The molecule has 0 atom stereocenters. The Labute approximate surface area is 180 Å².